The summed E-state index contributed by atoms with van der Waals surface area (Å²) >= 11 is 0. The maximum absolute atomic E-state index is 11.4. The van der Waals surface area contributed by atoms with Gasteiger partial charge in [0.25, 0.3) is 0 Å². The molecule has 3 fully saturated rings. The second-order valence-corrected chi connectivity index (χ2v) is 6.47. The lowest BCUT2D eigenvalue weighted by molar-refractivity contribution is -0.119. The summed E-state index contributed by atoms with van der Waals surface area (Å²) in [5.74, 6) is 1.11. The molecule has 0 radical (unpaired) electrons. The van der Waals surface area contributed by atoms with Gasteiger partial charge >= 0.3 is 0 Å². The molecule has 0 aromatic rings. The summed E-state index contributed by atoms with van der Waals surface area (Å²) in [5.41, 5.74) is 0.304. The highest BCUT2D eigenvalue weighted by atomic mass is 35.5. The van der Waals surface area contributed by atoms with Gasteiger partial charge in [-0.2, -0.15) is 0 Å². The first-order valence-corrected chi connectivity index (χ1v) is 7.46. The molecule has 0 aliphatic carbocycles. The van der Waals surface area contributed by atoms with Crippen LogP contribution in [0.2, 0.25) is 0 Å². The Balaban J connectivity index is 0.00000133. The second-order valence-electron chi connectivity index (χ2n) is 6.47. The quantitative estimate of drug-likeness (QED) is 0.797. The SMILES string of the molecule is Cl.O=C1CC2(CCN(CC3CCCNC3)CC2)CN1. The van der Waals surface area contributed by atoms with Gasteiger partial charge in [-0.05, 0) is 63.2 Å². The Hall–Kier alpha value is -0.320. The first-order chi connectivity index (χ1) is 8.76. The summed E-state index contributed by atoms with van der Waals surface area (Å²) in [6, 6.07) is 0. The smallest absolute Gasteiger partial charge is 0.220 e. The molecule has 0 aromatic carbocycles. The lowest BCUT2D eigenvalue weighted by Gasteiger charge is -2.40. The summed E-state index contributed by atoms with van der Waals surface area (Å²) in [7, 11) is 0. The molecule has 3 heterocycles. The van der Waals surface area contributed by atoms with Crippen molar-refractivity contribution < 1.29 is 4.79 Å². The Morgan fingerprint density at radius 1 is 1.32 bits per heavy atom. The Morgan fingerprint density at radius 2 is 2.11 bits per heavy atom. The van der Waals surface area contributed by atoms with Crippen molar-refractivity contribution >= 4 is 18.3 Å². The minimum atomic E-state index is 0. The highest BCUT2D eigenvalue weighted by molar-refractivity contribution is 5.85. The predicted molar refractivity (Wildman–Crippen MR) is 78.6 cm³/mol. The van der Waals surface area contributed by atoms with E-state index < -0.39 is 0 Å². The van der Waals surface area contributed by atoms with E-state index in [1.807, 2.05) is 0 Å². The molecule has 0 aromatic heterocycles. The topological polar surface area (TPSA) is 44.4 Å². The average molecular weight is 288 g/mol. The van der Waals surface area contributed by atoms with E-state index in [0.29, 0.717) is 5.41 Å². The number of hydrogen-bond donors (Lipinski definition) is 2. The largest absolute Gasteiger partial charge is 0.356 e. The molecule has 110 valence electrons. The van der Waals surface area contributed by atoms with Crippen LogP contribution >= 0.6 is 12.4 Å². The second kappa shape index (κ2) is 6.42. The minimum Gasteiger partial charge on any atom is -0.356 e. The Kier molecular flexibility index (Phi) is 5.09. The molecule has 1 atom stereocenters. The van der Waals surface area contributed by atoms with Gasteiger partial charge in [-0.15, -0.1) is 12.4 Å². The van der Waals surface area contributed by atoms with Crippen LogP contribution < -0.4 is 10.6 Å². The number of amides is 1. The van der Waals surface area contributed by atoms with E-state index in [1.165, 1.54) is 58.4 Å². The van der Waals surface area contributed by atoms with Gasteiger partial charge in [-0.1, -0.05) is 0 Å². The molecule has 3 aliphatic heterocycles. The van der Waals surface area contributed by atoms with Gasteiger partial charge < -0.3 is 15.5 Å². The van der Waals surface area contributed by atoms with E-state index in [4.69, 9.17) is 0 Å². The van der Waals surface area contributed by atoms with Crippen LogP contribution in [0.4, 0.5) is 0 Å². The van der Waals surface area contributed by atoms with Gasteiger partial charge in [0.05, 0.1) is 0 Å². The van der Waals surface area contributed by atoms with Crippen LogP contribution in [0.15, 0.2) is 0 Å². The zero-order valence-corrected chi connectivity index (χ0v) is 12.4. The summed E-state index contributed by atoms with van der Waals surface area (Å²) in [6.45, 7) is 6.95. The number of piperidine rings is 2. The number of likely N-dealkylation sites (tertiary alicyclic amines) is 1. The van der Waals surface area contributed by atoms with Gasteiger partial charge in [0, 0.05) is 19.5 Å². The molecule has 19 heavy (non-hydrogen) atoms. The normalized spacial score (nSPS) is 30.9. The van der Waals surface area contributed by atoms with Crippen LogP contribution in [0.1, 0.15) is 32.1 Å². The highest BCUT2D eigenvalue weighted by Crippen LogP contribution is 2.37. The van der Waals surface area contributed by atoms with Gasteiger partial charge in [0.15, 0.2) is 0 Å². The van der Waals surface area contributed by atoms with Gasteiger partial charge in [-0.3, -0.25) is 4.79 Å². The molecule has 5 heteroatoms. The molecule has 1 amide bonds. The highest BCUT2D eigenvalue weighted by Gasteiger charge is 2.40. The van der Waals surface area contributed by atoms with Crippen molar-refractivity contribution in [2.45, 2.75) is 32.1 Å². The minimum absolute atomic E-state index is 0. The predicted octanol–water partition coefficient (Wildman–Crippen LogP) is 1.01. The Labute approximate surface area is 122 Å². The van der Waals surface area contributed by atoms with E-state index in [2.05, 4.69) is 15.5 Å². The molecule has 1 spiro atoms. The molecule has 3 aliphatic rings. The maximum atomic E-state index is 11.4. The van der Waals surface area contributed by atoms with Crippen LogP contribution in [0.25, 0.3) is 0 Å². The third-order valence-electron chi connectivity index (χ3n) is 5.03. The standard InChI is InChI=1S/C14H25N3O.ClH/c18-13-8-14(11-16-13)3-6-17(7-4-14)10-12-2-1-5-15-9-12;/h12,15H,1-11H2,(H,16,18);1H. The molecule has 0 bridgehead atoms. The van der Waals surface area contributed by atoms with Gasteiger partial charge in [0.1, 0.15) is 0 Å². The summed E-state index contributed by atoms with van der Waals surface area (Å²) in [6.07, 6.45) is 5.89. The van der Waals surface area contributed by atoms with Crippen molar-refractivity contribution in [2.75, 3.05) is 39.3 Å². The fraction of sp³-hybridized carbons (Fsp3) is 0.929. The van der Waals surface area contributed by atoms with E-state index in [0.717, 1.165) is 18.9 Å². The molecule has 0 saturated carbocycles. The molecular weight excluding hydrogens is 262 g/mol. The first kappa shape index (κ1) is 15.1. The Bertz CT molecular complexity index is 310. The number of carbonyl (C=O) groups is 1. The average Bonchev–Trinajstić information content (AvgIpc) is 2.75. The third kappa shape index (κ3) is 3.61. The van der Waals surface area contributed by atoms with Crippen molar-refractivity contribution in [3.63, 3.8) is 0 Å². The van der Waals surface area contributed by atoms with Gasteiger partial charge in [0.2, 0.25) is 5.91 Å². The van der Waals surface area contributed by atoms with Crippen molar-refractivity contribution in [3.8, 4) is 0 Å². The number of rotatable bonds is 2. The first-order valence-electron chi connectivity index (χ1n) is 7.46. The number of nitrogens with zero attached hydrogens (tertiary/aromatic N) is 1. The van der Waals surface area contributed by atoms with E-state index in [-0.39, 0.29) is 18.3 Å². The van der Waals surface area contributed by atoms with Crippen molar-refractivity contribution in [2.24, 2.45) is 11.3 Å². The van der Waals surface area contributed by atoms with Gasteiger partial charge in [-0.25, -0.2) is 0 Å². The van der Waals surface area contributed by atoms with Crippen molar-refractivity contribution in [3.05, 3.63) is 0 Å². The zero-order chi connectivity index (χ0) is 12.4. The molecule has 2 N–H and O–H groups in total. The summed E-state index contributed by atoms with van der Waals surface area (Å²) in [5, 5.41) is 6.51. The fourth-order valence-corrected chi connectivity index (χ4v) is 3.76. The van der Waals surface area contributed by atoms with Crippen molar-refractivity contribution in [1.29, 1.82) is 0 Å². The zero-order valence-electron chi connectivity index (χ0n) is 11.6. The Morgan fingerprint density at radius 3 is 2.68 bits per heavy atom. The monoisotopic (exact) mass is 287 g/mol. The van der Waals surface area contributed by atoms with E-state index in [9.17, 15) is 4.79 Å². The van der Waals surface area contributed by atoms with E-state index in [1.54, 1.807) is 0 Å². The number of hydrogen-bond acceptors (Lipinski definition) is 3. The molecule has 3 saturated heterocycles. The van der Waals surface area contributed by atoms with Crippen LogP contribution in [-0.4, -0.2) is 50.1 Å². The molecule has 3 rings (SSSR count). The summed E-state index contributed by atoms with van der Waals surface area (Å²) < 4.78 is 0. The fourth-order valence-electron chi connectivity index (χ4n) is 3.76. The molecular formula is C14H26ClN3O. The third-order valence-corrected chi connectivity index (χ3v) is 5.03. The number of halogens is 1. The molecule has 1 unspecified atom stereocenters. The van der Waals surface area contributed by atoms with Crippen LogP contribution in [-0.2, 0) is 4.79 Å². The number of carbonyl (C=O) groups excluding carboxylic acids is 1. The lowest BCUT2D eigenvalue weighted by atomic mass is 9.77. The van der Waals surface area contributed by atoms with Crippen LogP contribution in [0.3, 0.4) is 0 Å². The van der Waals surface area contributed by atoms with Crippen LogP contribution in [0.5, 0.6) is 0 Å². The van der Waals surface area contributed by atoms with Crippen molar-refractivity contribution in [1.82, 2.24) is 15.5 Å². The maximum Gasteiger partial charge on any atom is 0.220 e. The van der Waals surface area contributed by atoms with E-state index >= 15 is 0 Å². The summed E-state index contributed by atoms with van der Waals surface area (Å²) in [4.78, 5) is 14.0. The molecule has 4 nitrogen and oxygen atoms in total. The van der Waals surface area contributed by atoms with Crippen LogP contribution in [0, 0.1) is 11.3 Å². The lowest BCUT2D eigenvalue weighted by Crippen LogP contribution is -2.45. The number of nitrogens with one attached hydrogen (secondary N) is 2.